The smallest absolute Gasteiger partial charge is 0.337 e. The first-order valence-electron chi connectivity index (χ1n) is 3.37. The van der Waals surface area contributed by atoms with E-state index < -0.39 is 5.97 Å². The normalized spacial score (nSPS) is 9.42. The average Bonchev–Trinajstić information content (AvgIpc) is 2.05. The van der Waals surface area contributed by atoms with E-state index >= 15 is 0 Å². The van der Waals surface area contributed by atoms with Crippen LogP contribution in [0.25, 0.3) is 0 Å². The lowest BCUT2D eigenvalue weighted by atomic mass is 10.2. The van der Waals surface area contributed by atoms with E-state index in [4.69, 9.17) is 5.11 Å². The Morgan fingerprint density at radius 1 is 1.50 bits per heavy atom. The molecular formula is C8H9NO2S. The second kappa shape index (κ2) is 4.01. The quantitative estimate of drug-likeness (QED) is 0.704. The van der Waals surface area contributed by atoms with Crippen molar-refractivity contribution in [2.75, 3.05) is 11.0 Å². The Morgan fingerprint density at radius 2 is 2.17 bits per heavy atom. The predicted octanol–water partition coefficient (Wildman–Crippen LogP) is 2.07. The summed E-state index contributed by atoms with van der Waals surface area (Å²) >= 11 is 1.37. The summed E-state index contributed by atoms with van der Waals surface area (Å²) in [4.78, 5) is 10.6. The van der Waals surface area contributed by atoms with Gasteiger partial charge in [0, 0.05) is 6.26 Å². The van der Waals surface area contributed by atoms with Gasteiger partial charge in [-0.25, -0.2) is 4.79 Å². The second-order valence-corrected chi connectivity index (χ2v) is 2.77. The van der Waals surface area contributed by atoms with Gasteiger partial charge in [-0.15, -0.1) is 0 Å². The molecule has 3 nitrogen and oxygen atoms in total. The summed E-state index contributed by atoms with van der Waals surface area (Å²) in [6, 6.07) is 6.81. The molecule has 0 saturated carbocycles. The number of aromatic carboxylic acids is 1. The molecule has 1 aromatic carbocycles. The molecule has 4 heteroatoms. The molecule has 0 aliphatic heterocycles. The van der Waals surface area contributed by atoms with Crippen LogP contribution in [0.2, 0.25) is 0 Å². The molecule has 0 unspecified atom stereocenters. The van der Waals surface area contributed by atoms with Crippen molar-refractivity contribution >= 4 is 23.6 Å². The number of anilines is 1. The zero-order chi connectivity index (χ0) is 8.97. The predicted molar refractivity (Wildman–Crippen MR) is 50.5 cm³/mol. The minimum Gasteiger partial charge on any atom is -0.478 e. The molecule has 0 spiro atoms. The van der Waals surface area contributed by atoms with Gasteiger partial charge in [0.05, 0.1) is 11.3 Å². The summed E-state index contributed by atoms with van der Waals surface area (Å²) < 4.78 is 2.89. The lowest BCUT2D eigenvalue weighted by molar-refractivity contribution is 0.0698. The molecule has 0 saturated heterocycles. The van der Waals surface area contributed by atoms with Gasteiger partial charge in [-0.1, -0.05) is 24.1 Å². The Balaban J connectivity index is 3.00. The van der Waals surface area contributed by atoms with Crippen molar-refractivity contribution in [2.45, 2.75) is 0 Å². The van der Waals surface area contributed by atoms with Crippen LogP contribution in [-0.4, -0.2) is 17.3 Å². The number of para-hydroxylation sites is 1. The van der Waals surface area contributed by atoms with Gasteiger partial charge in [-0.3, -0.25) is 0 Å². The van der Waals surface area contributed by atoms with Crippen LogP contribution in [0.15, 0.2) is 24.3 Å². The third-order valence-corrected chi connectivity index (χ3v) is 1.79. The fourth-order valence-corrected chi connectivity index (χ4v) is 1.27. The Labute approximate surface area is 74.9 Å². The molecule has 12 heavy (non-hydrogen) atoms. The lowest BCUT2D eigenvalue weighted by Crippen LogP contribution is -2.00. The van der Waals surface area contributed by atoms with Crippen LogP contribution in [0.4, 0.5) is 5.69 Å². The highest BCUT2D eigenvalue weighted by Gasteiger charge is 2.06. The Morgan fingerprint density at radius 3 is 2.75 bits per heavy atom. The molecule has 0 atom stereocenters. The molecule has 0 bridgehead atoms. The van der Waals surface area contributed by atoms with E-state index in [2.05, 4.69) is 4.72 Å². The van der Waals surface area contributed by atoms with Crippen LogP contribution in [0.3, 0.4) is 0 Å². The van der Waals surface area contributed by atoms with Gasteiger partial charge in [0.1, 0.15) is 0 Å². The van der Waals surface area contributed by atoms with E-state index in [9.17, 15) is 4.79 Å². The maximum atomic E-state index is 10.6. The van der Waals surface area contributed by atoms with E-state index in [1.165, 1.54) is 11.9 Å². The zero-order valence-corrected chi connectivity index (χ0v) is 7.39. The number of hydrogen-bond donors (Lipinski definition) is 2. The lowest BCUT2D eigenvalue weighted by Gasteiger charge is -2.04. The van der Waals surface area contributed by atoms with Crippen molar-refractivity contribution in [1.82, 2.24) is 0 Å². The standard InChI is InChI=1S/C8H9NO2S/c1-12-9-7-5-3-2-4-6(7)8(10)11/h2-5,9H,1H3,(H,10,11). The monoisotopic (exact) mass is 183 g/mol. The van der Waals surface area contributed by atoms with Crippen LogP contribution in [0.5, 0.6) is 0 Å². The molecular weight excluding hydrogens is 174 g/mol. The summed E-state index contributed by atoms with van der Waals surface area (Å²) in [7, 11) is 0. The van der Waals surface area contributed by atoms with E-state index in [1.54, 1.807) is 24.3 Å². The van der Waals surface area contributed by atoms with Crippen molar-refractivity contribution in [1.29, 1.82) is 0 Å². The van der Waals surface area contributed by atoms with Gasteiger partial charge in [0.2, 0.25) is 0 Å². The summed E-state index contributed by atoms with van der Waals surface area (Å²) in [5.74, 6) is -0.910. The third-order valence-electron chi connectivity index (χ3n) is 1.37. The Hall–Kier alpha value is -1.16. The first kappa shape index (κ1) is 8.93. The van der Waals surface area contributed by atoms with Crippen molar-refractivity contribution < 1.29 is 9.90 Å². The van der Waals surface area contributed by atoms with Crippen LogP contribution in [-0.2, 0) is 0 Å². The molecule has 64 valence electrons. The Bertz CT molecular complexity index is 288. The highest BCUT2D eigenvalue weighted by molar-refractivity contribution is 7.99. The molecule has 0 amide bonds. The third kappa shape index (κ3) is 1.92. The van der Waals surface area contributed by atoms with Gasteiger partial charge in [-0.05, 0) is 12.1 Å². The number of carboxylic acids is 1. The highest BCUT2D eigenvalue weighted by atomic mass is 32.2. The summed E-state index contributed by atoms with van der Waals surface area (Å²) in [6.45, 7) is 0. The second-order valence-electron chi connectivity index (χ2n) is 2.16. The number of benzene rings is 1. The fraction of sp³-hybridized carbons (Fsp3) is 0.125. The molecule has 2 N–H and O–H groups in total. The van der Waals surface area contributed by atoms with E-state index in [0.717, 1.165) is 0 Å². The largest absolute Gasteiger partial charge is 0.478 e. The molecule has 1 aromatic rings. The topological polar surface area (TPSA) is 49.3 Å². The van der Waals surface area contributed by atoms with Crippen LogP contribution in [0, 0.1) is 0 Å². The number of carbonyl (C=O) groups is 1. The van der Waals surface area contributed by atoms with Crippen molar-refractivity contribution in [2.24, 2.45) is 0 Å². The molecule has 0 fully saturated rings. The molecule has 0 aromatic heterocycles. The minimum atomic E-state index is -0.910. The van der Waals surface area contributed by atoms with Crippen LogP contribution in [0.1, 0.15) is 10.4 Å². The van der Waals surface area contributed by atoms with Gasteiger partial charge in [-0.2, -0.15) is 0 Å². The zero-order valence-electron chi connectivity index (χ0n) is 6.57. The van der Waals surface area contributed by atoms with Crippen molar-refractivity contribution in [3.8, 4) is 0 Å². The van der Waals surface area contributed by atoms with Gasteiger partial charge < -0.3 is 9.83 Å². The highest BCUT2D eigenvalue weighted by Crippen LogP contribution is 2.17. The first-order valence-corrected chi connectivity index (χ1v) is 4.59. The molecule has 0 aliphatic rings. The van der Waals surface area contributed by atoms with Gasteiger partial charge in [0.25, 0.3) is 0 Å². The fourth-order valence-electron chi connectivity index (χ4n) is 0.869. The summed E-state index contributed by atoms with van der Waals surface area (Å²) in [5.41, 5.74) is 0.935. The summed E-state index contributed by atoms with van der Waals surface area (Å²) in [5, 5.41) is 8.74. The minimum absolute atomic E-state index is 0.298. The van der Waals surface area contributed by atoms with Gasteiger partial charge in [0.15, 0.2) is 0 Å². The first-order chi connectivity index (χ1) is 5.75. The van der Waals surface area contributed by atoms with Crippen LogP contribution >= 0.6 is 11.9 Å². The average molecular weight is 183 g/mol. The molecule has 0 radical (unpaired) electrons. The van der Waals surface area contributed by atoms with Crippen LogP contribution < -0.4 is 4.72 Å². The molecule has 1 rings (SSSR count). The molecule has 0 aliphatic carbocycles. The number of rotatable bonds is 3. The maximum Gasteiger partial charge on any atom is 0.337 e. The SMILES string of the molecule is CSNc1ccccc1C(=O)O. The summed E-state index contributed by atoms with van der Waals surface area (Å²) in [6.07, 6.45) is 1.85. The van der Waals surface area contributed by atoms with E-state index in [0.29, 0.717) is 11.3 Å². The number of nitrogens with one attached hydrogen (secondary N) is 1. The number of carboxylic acid groups (broad SMARTS) is 1. The van der Waals surface area contributed by atoms with E-state index in [-0.39, 0.29) is 0 Å². The van der Waals surface area contributed by atoms with Crippen molar-refractivity contribution in [3.63, 3.8) is 0 Å². The number of hydrogen-bond acceptors (Lipinski definition) is 3. The Kier molecular flexibility index (Phi) is 2.99. The van der Waals surface area contributed by atoms with Gasteiger partial charge >= 0.3 is 5.97 Å². The van der Waals surface area contributed by atoms with E-state index in [1.807, 2.05) is 6.26 Å². The maximum absolute atomic E-state index is 10.6. The van der Waals surface area contributed by atoms with Crippen molar-refractivity contribution in [3.05, 3.63) is 29.8 Å². The molecule has 0 heterocycles.